The number of morpholine rings is 1. The van der Waals surface area contributed by atoms with Crippen molar-refractivity contribution in [3.05, 3.63) is 24.0 Å². The summed E-state index contributed by atoms with van der Waals surface area (Å²) in [5.74, 6) is 1.46. The molecule has 2 N–H and O–H groups in total. The van der Waals surface area contributed by atoms with Gasteiger partial charge in [0.05, 0.1) is 37.3 Å². The quantitative estimate of drug-likeness (QED) is 0.835. The lowest BCUT2D eigenvalue weighted by atomic mass is 10.2. The van der Waals surface area contributed by atoms with Crippen molar-refractivity contribution in [1.29, 1.82) is 0 Å². The average molecular weight is 260 g/mol. The van der Waals surface area contributed by atoms with Crippen molar-refractivity contribution in [2.24, 2.45) is 0 Å². The van der Waals surface area contributed by atoms with Gasteiger partial charge >= 0.3 is 0 Å². The molecule has 5 nitrogen and oxygen atoms in total. The number of benzene rings is 1. The van der Waals surface area contributed by atoms with Crippen LogP contribution in [-0.2, 0) is 4.74 Å². The van der Waals surface area contributed by atoms with Gasteiger partial charge in [-0.15, -0.1) is 0 Å². The largest absolute Gasteiger partial charge is 0.399 e. The van der Waals surface area contributed by atoms with Gasteiger partial charge in [0.25, 0.3) is 0 Å². The maximum absolute atomic E-state index is 5.85. The zero-order valence-corrected chi connectivity index (χ0v) is 11.5. The van der Waals surface area contributed by atoms with Crippen molar-refractivity contribution in [3.8, 4) is 0 Å². The summed E-state index contributed by atoms with van der Waals surface area (Å²) in [6, 6.07) is 5.93. The molecule has 0 saturated carbocycles. The molecule has 0 aliphatic carbocycles. The van der Waals surface area contributed by atoms with Gasteiger partial charge < -0.3 is 15.5 Å². The Balaban J connectivity index is 2.15. The maximum Gasteiger partial charge on any atom is 0.131 e. The third-order valence-corrected chi connectivity index (χ3v) is 3.47. The molecule has 1 saturated heterocycles. The van der Waals surface area contributed by atoms with Crippen LogP contribution < -0.4 is 10.7 Å². The topological polar surface area (TPSA) is 56.3 Å². The number of rotatable bonds is 2. The van der Waals surface area contributed by atoms with Gasteiger partial charge in [-0.2, -0.15) is 0 Å². The van der Waals surface area contributed by atoms with Crippen LogP contribution in [0.5, 0.6) is 0 Å². The van der Waals surface area contributed by atoms with E-state index in [4.69, 9.17) is 15.5 Å². The Bertz CT molecular complexity index is 584. The molecular weight excluding hydrogens is 240 g/mol. The Morgan fingerprint density at radius 2 is 2.00 bits per heavy atom. The van der Waals surface area contributed by atoms with Crippen LogP contribution in [0, 0.1) is 0 Å². The molecule has 3 rings (SSSR count). The lowest BCUT2D eigenvalue weighted by molar-refractivity contribution is 0.111. The number of nitrogens with two attached hydrogens (primary N) is 1. The van der Waals surface area contributed by atoms with Crippen molar-refractivity contribution in [1.82, 2.24) is 9.66 Å². The minimum atomic E-state index is 0.372. The van der Waals surface area contributed by atoms with E-state index in [1.54, 1.807) is 0 Å². The van der Waals surface area contributed by atoms with Crippen molar-refractivity contribution >= 4 is 16.7 Å². The number of ether oxygens (including phenoxy) is 1. The number of hydrogen-bond acceptors (Lipinski definition) is 4. The van der Waals surface area contributed by atoms with E-state index in [0.29, 0.717) is 5.92 Å². The molecule has 0 radical (unpaired) electrons. The summed E-state index contributed by atoms with van der Waals surface area (Å²) in [7, 11) is 0. The van der Waals surface area contributed by atoms with Crippen LogP contribution >= 0.6 is 0 Å². The summed E-state index contributed by atoms with van der Waals surface area (Å²) >= 11 is 0. The summed E-state index contributed by atoms with van der Waals surface area (Å²) in [5.41, 5.74) is 8.71. The summed E-state index contributed by atoms with van der Waals surface area (Å²) in [4.78, 5) is 4.75. The van der Waals surface area contributed by atoms with Crippen LogP contribution in [0.4, 0.5) is 5.69 Å². The number of anilines is 1. The minimum Gasteiger partial charge on any atom is -0.399 e. The monoisotopic (exact) mass is 260 g/mol. The Morgan fingerprint density at radius 3 is 2.68 bits per heavy atom. The molecule has 0 amide bonds. The maximum atomic E-state index is 5.85. The van der Waals surface area contributed by atoms with Crippen molar-refractivity contribution in [2.45, 2.75) is 19.8 Å². The number of nitrogens with zero attached hydrogens (tertiary/aromatic N) is 3. The van der Waals surface area contributed by atoms with Gasteiger partial charge in [-0.3, -0.25) is 0 Å². The first-order valence-electron chi connectivity index (χ1n) is 6.77. The van der Waals surface area contributed by atoms with Crippen molar-refractivity contribution in [3.63, 3.8) is 0 Å². The van der Waals surface area contributed by atoms with Gasteiger partial charge in [0.1, 0.15) is 5.82 Å². The van der Waals surface area contributed by atoms with Gasteiger partial charge in [0.2, 0.25) is 0 Å². The average Bonchev–Trinajstić information content (AvgIpc) is 2.78. The zero-order chi connectivity index (χ0) is 13.4. The fraction of sp³-hybridized carbons (Fsp3) is 0.500. The van der Waals surface area contributed by atoms with E-state index in [-0.39, 0.29) is 0 Å². The first-order chi connectivity index (χ1) is 9.16. The molecule has 102 valence electrons. The molecule has 0 unspecified atom stereocenters. The van der Waals surface area contributed by atoms with Gasteiger partial charge in [-0.25, -0.2) is 9.66 Å². The molecule has 2 aromatic rings. The summed E-state index contributed by atoms with van der Waals surface area (Å²) < 4.78 is 7.67. The summed E-state index contributed by atoms with van der Waals surface area (Å²) in [6.45, 7) is 7.67. The van der Waals surface area contributed by atoms with Crippen LogP contribution in [0.25, 0.3) is 11.0 Å². The van der Waals surface area contributed by atoms with Crippen LogP contribution in [-0.4, -0.2) is 36.0 Å². The van der Waals surface area contributed by atoms with E-state index >= 15 is 0 Å². The van der Waals surface area contributed by atoms with E-state index < -0.39 is 0 Å². The molecule has 0 bridgehead atoms. The molecule has 1 fully saturated rings. The highest BCUT2D eigenvalue weighted by atomic mass is 16.5. The lowest BCUT2D eigenvalue weighted by Crippen LogP contribution is -2.44. The highest BCUT2D eigenvalue weighted by Gasteiger charge is 2.20. The van der Waals surface area contributed by atoms with Gasteiger partial charge in [0, 0.05) is 11.6 Å². The van der Waals surface area contributed by atoms with Crippen molar-refractivity contribution < 1.29 is 4.74 Å². The molecule has 5 heteroatoms. The highest BCUT2D eigenvalue weighted by Crippen LogP contribution is 2.24. The first kappa shape index (κ1) is 12.3. The standard InChI is InChI=1S/C14H20N4O/c1-10(2)14-16-12-9-11(15)3-4-13(12)18(14)17-5-7-19-8-6-17/h3-4,9-10H,5-8,15H2,1-2H3. The number of aromatic nitrogens is 2. The van der Waals surface area contributed by atoms with E-state index in [9.17, 15) is 0 Å². The van der Waals surface area contributed by atoms with Crippen LogP contribution in [0.3, 0.4) is 0 Å². The Kier molecular flexibility index (Phi) is 3.06. The predicted molar refractivity (Wildman–Crippen MR) is 77.0 cm³/mol. The van der Waals surface area contributed by atoms with Gasteiger partial charge in [-0.1, -0.05) is 13.8 Å². The van der Waals surface area contributed by atoms with Crippen LogP contribution in [0.1, 0.15) is 25.6 Å². The van der Waals surface area contributed by atoms with E-state index in [1.165, 1.54) is 0 Å². The molecule has 0 atom stereocenters. The van der Waals surface area contributed by atoms with E-state index in [2.05, 4.69) is 29.6 Å². The van der Waals surface area contributed by atoms with Crippen molar-refractivity contribution in [2.75, 3.05) is 37.0 Å². The number of imidazole rings is 1. The zero-order valence-electron chi connectivity index (χ0n) is 11.5. The molecule has 0 spiro atoms. The molecule has 2 heterocycles. The van der Waals surface area contributed by atoms with Crippen LogP contribution in [0.15, 0.2) is 18.2 Å². The number of fused-ring (bicyclic) bond motifs is 1. The van der Waals surface area contributed by atoms with E-state index in [0.717, 1.165) is 48.8 Å². The molecule has 1 aliphatic heterocycles. The van der Waals surface area contributed by atoms with Gasteiger partial charge in [-0.05, 0) is 18.2 Å². The van der Waals surface area contributed by atoms with Gasteiger partial charge in [0.15, 0.2) is 0 Å². The third-order valence-electron chi connectivity index (χ3n) is 3.47. The third kappa shape index (κ3) is 2.14. The summed E-state index contributed by atoms with van der Waals surface area (Å²) in [6.07, 6.45) is 0. The van der Waals surface area contributed by atoms with Crippen LogP contribution in [0.2, 0.25) is 0 Å². The first-order valence-corrected chi connectivity index (χ1v) is 6.77. The smallest absolute Gasteiger partial charge is 0.131 e. The fourth-order valence-corrected chi connectivity index (χ4v) is 2.53. The predicted octanol–water partition coefficient (Wildman–Crippen LogP) is 1.71. The molecular formula is C14H20N4O. The molecule has 1 aliphatic rings. The second-order valence-electron chi connectivity index (χ2n) is 5.25. The number of nitrogen functional groups attached to an aromatic ring is 1. The molecule has 1 aromatic carbocycles. The molecule has 1 aromatic heterocycles. The Labute approximate surface area is 112 Å². The normalized spacial score (nSPS) is 16.5. The minimum absolute atomic E-state index is 0.372. The second kappa shape index (κ2) is 4.74. The number of hydrogen-bond donors (Lipinski definition) is 1. The highest BCUT2D eigenvalue weighted by molar-refractivity contribution is 5.80. The SMILES string of the molecule is CC(C)c1nc2cc(N)ccc2n1N1CCOCC1. The molecule has 19 heavy (non-hydrogen) atoms. The Hall–Kier alpha value is -1.75. The summed E-state index contributed by atoms with van der Waals surface area (Å²) in [5, 5.41) is 2.31. The van der Waals surface area contributed by atoms with E-state index in [1.807, 2.05) is 12.1 Å². The lowest BCUT2D eigenvalue weighted by Gasteiger charge is -2.32. The fourth-order valence-electron chi connectivity index (χ4n) is 2.53. The second-order valence-corrected chi connectivity index (χ2v) is 5.25. The Morgan fingerprint density at radius 1 is 1.26 bits per heavy atom.